The molecule has 1 aliphatic rings. The van der Waals surface area contributed by atoms with Gasteiger partial charge in [-0.1, -0.05) is 87.4 Å². The molecule has 0 unspecified atom stereocenters. The summed E-state index contributed by atoms with van der Waals surface area (Å²) in [4.78, 5) is 0. The Bertz CT molecular complexity index is 546. The highest BCUT2D eigenvalue weighted by atomic mass is 14.3. The van der Waals surface area contributed by atoms with Gasteiger partial charge in [0.15, 0.2) is 0 Å². The molecule has 0 spiro atoms. The van der Waals surface area contributed by atoms with Crippen LogP contribution in [0, 0.1) is 18.8 Å². The molecule has 0 atom stereocenters. The lowest BCUT2D eigenvalue weighted by Gasteiger charge is -2.32. The first-order chi connectivity index (χ1) is 11.8. The van der Waals surface area contributed by atoms with Crippen molar-refractivity contribution in [3.63, 3.8) is 0 Å². The lowest BCUT2D eigenvalue weighted by molar-refractivity contribution is 0.258. The third kappa shape index (κ3) is 6.01. The summed E-state index contributed by atoms with van der Waals surface area (Å²) in [6, 6.07) is 9.17. The molecule has 0 nitrogen and oxygen atoms in total. The smallest absolute Gasteiger partial charge is 0.00663 e. The zero-order valence-electron chi connectivity index (χ0n) is 17.6. The second-order valence-corrected chi connectivity index (χ2v) is 9.41. The molecule has 0 N–H and O–H groups in total. The van der Waals surface area contributed by atoms with E-state index in [2.05, 4.69) is 65.8 Å². The summed E-state index contributed by atoms with van der Waals surface area (Å²) in [6.07, 6.45) is 11.2. The molecule has 1 aromatic carbocycles. The van der Waals surface area contributed by atoms with Crippen molar-refractivity contribution >= 4 is 0 Å². The summed E-state index contributed by atoms with van der Waals surface area (Å²) in [7, 11) is 0. The van der Waals surface area contributed by atoms with Crippen LogP contribution in [-0.2, 0) is 5.41 Å². The van der Waals surface area contributed by atoms with Gasteiger partial charge in [-0.15, -0.1) is 0 Å². The summed E-state index contributed by atoms with van der Waals surface area (Å²) >= 11 is 0. The fourth-order valence-corrected chi connectivity index (χ4v) is 4.57. The lowest BCUT2D eigenvalue weighted by atomic mass is 9.73. The van der Waals surface area contributed by atoms with E-state index in [4.69, 9.17) is 0 Å². The molecule has 0 heteroatoms. The highest BCUT2D eigenvalue weighted by molar-refractivity contribution is 5.30. The maximum absolute atomic E-state index is 2.42. The van der Waals surface area contributed by atoms with Crippen LogP contribution in [0.4, 0.5) is 0 Å². The molecule has 140 valence electrons. The first-order valence-corrected chi connectivity index (χ1v) is 10.5. The SMILES string of the molecule is CCCC1CCC(CC(CC(C)(C)c2ccc(C)cc2)=C(C)C)CC1. The quantitative estimate of drug-likeness (QED) is 0.441. The fourth-order valence-electron chi connectivity index (χ4n) is 4.57. The molecule has 1 aliphatic carbocycles. The molecule has 0 amide bonds. The van der Waals surface area contributed by atoms with Gasteiger partial charge < -0.3 is 0 Å². The van der Waals surface area contributed by atoms with Crippen molar-refractivity contribution in [3.05, 3.63) is 46.5 Å². The van der Waals surface area contributed by atoms with Crippen molar-refractivity contribution in [3.8, 4) is 0 Å². The predicted molar refractivity (Wildman–Crippen MR) is 112 cm³/mol. The Balaban J connectivity index is 2.00. The number of hydrogen-bond donors (Lipinski definition) is 0. The van der Waals surface area contributed by atoms with Gasteiger partial charge in [0.2, 0.25) is 0 Å². The molecule has 0 aliphatic heterocycles. The van der Waals surface area contributed by atoms with Crippen molar-refractivity contribution in [1.82, 2.24) is 0 Å². The van der Waals surface area contributed by atoms with Gasteiger partial charge in [-0.2, -0.15) is 0 Å². The minimum atomic E-state index is 0.222. The zero-order valence-corrected chi connectivity index (χ0v) is 17.6. The standard InChI is InChI=1S/C25H40/c1-7-8-21-11-13-22(14-12-21)17-23(19(2)3)18-25(5,6)24-15-9-20(4)10-16-24/h9-10,15-16,21-22H,7-8,11-14,17-18H2,1-6H3. The molecule has 1 aromatic rings. The van der Waals surface area contributed by atoms with Gasteiger partial charge in [-0.25, -0.2) is 0 Å². The Morgan fingerprint density at radius 2 is 1.52 bits per heavy atom. The second kappa shape index (κ2) is 9.06. The Morgan fingerprint density at radius 1 is 0.960 bits per heavy atom. The first kappa shape index (κ1) is 20.3. The van der Waals surface area contributed by atoms with Crippen LogP contribution < -0.4 is 0 Å². The predicted octanol–water partition coefficient (Wildman–Crippen LogP) is 8.00. The Morgan fingerprint density at radius 3 is 2.04 bits per heavy atom. The lowest BCUT2D eigenvalue weighted by Crippen LogP contribution is -2.21. The Kier molecular flexibility index (Phi) is 7.35. The van der Waals surface area contributed by atoms with Crippen molar-refractivity contribution in [2.45, 2.75) is 98.3 Å². The molecule has 0 bridgehead atoms. The molecule has 1 saturated carbocycles. The number of aryl methyl sites for hydroxylation is 1. The average Bonchev–Trinajstić information content (AvgIpc) is 2.56. The van der Waals surface area contributed by atoms with Crippen LogP contribution in [0.25, 0.3) is 0 Å². The van der Waals surface area contributed by atoms with Crippen LogP contribution in [0.2, 0.25) is 0 Å². The number of benzene rings is 1. The third-order valence-corrected chi connectivity index (χ3v) is 6.39. The summed E-state index contributed by atoms with van der Waals surface area (Å²) in [5.41, 5.74) is 6.31. The van der Waals surface area contributed by atoms with Crippen molar-refractivity contribution in [1.29, 1.82) is 0 Å². The van der Waals surface area contributed by atoms with Crippen LogP contribution in [0.3, 0.4) is 0 Å². The maximum Gasteiger partial charge on any atom is -0.00663 e. The molecule has 0 saturated heterocycles. The van der Waals surface area contributed by atoms with E-state index in [9.17, 15) is 0 Å². The number of rotatable bonds is 7. The van der Waals surface area contributed by atoms with Crippen molar-refractivity contribution in [2.24, 2.45) is 11.8 Å². The zero-order chi connectivity index (χ0) is 18.4. The number of hydrogen-bond acceptors (Lipinski definition) is 0. The van der Waals surface area contributed by atoms with Crippen LogP contribution in [-0.4, -0.2) is 0 Å². The van der Waals surface area contributed by atoms with Crippen LogP contribution in [0.1, 0.15) is 97.1 Å². The first-order valence-electron chi connectivity index (χ1n) is 10.5. The van der Waals surface area contributed by atoms with Gasteiger partial charge in [-0.05, 0) is 69.3 Å². The van der Waals surface area contributed by atoms with Gasteiger partial charge in [-0.3, -0.25) is 0 Å². The Hall–Kier alpha value is -1.04. The molecule has 2 rings (SSSR count). The largest absolute Gasteiger partial charge is 0.0772 e. The highest BCUT2D eigenvalue weighted by Crippen LogP contribution is 2.39. The minimum Gasteiger partial charge on any atom is -0.0772 e. The topological polar surface area (TPSA) is 0 Å². The molecular weight excluding hydrogens is 300 g/mol. The maximum atomic E-state index is 2.42. The summed E-state index contributed by atoms with van der Waals surface area (Å²) in [6.45, 7) is 14.0. The van der Waals surface area contributed by atoms with Crippen LogP contribution in [0.5, 0.6) is 0 Å². The Labute approximate surface area is 157 Å². The van der Waals surface area contributed by atoms with Crippen LogP contribution in [0.15, 0.2) is 35.4 Å². The normalized spacial score (nSPS) is 21.2. The van der Waals surface area contributed by atoms with Gasteiger partial charge in [0.05, 0.1) is 0 Å². The van der Waals surface area contributed by atoms with Crippen molar-refractivity contribution < 1.29 is 0 Å². The third-order valence-electron chi connectivity index (χ3n) is 6.39. The van der Waals surface area contributed by atoms with E-state index in [0.29, 0.717) is 0 Å². The van der Waals surface area contributed by atoms with Gasteiger partial charge in [0.25, 0.3) is 0 Å². The summed E-state index contributed by atoms with van der Waals surface area (Å²) in [5.74, 6) is 1.94. The average molecular weight is 341 g/mol. The van der Waals surface area contributed by atoms with Gasteiger partial charge >= 0.3 is 0 Å². The van der Waals surface area contributed by atoms with E-state index >= 15 is 0 Å². The molecule has 25 heavy (non-hydrogen) atoms. The summed E-state index contributed by atoms with van der Waals surface area (Å²) in [5, 5.41) is 0. The van der Waals surface area contributed by atoms with E-state index in [1.54, 1.807) is 11.1 Å². The fraction of sp³-hybridized carbons (Fsp3) is 0.680. The monoisotopic (exact) mass is 340 g/mol. The molecule has 1 fully saturated rings. The van der Waals surface area contributed by atoms with E-state index in [-0.39, 0.29) is 5.41 Å². The molecule has 0 radical (unpaired) electrons. The summed E-state index contributed by atoms with van der Waals surface area (Å²) < 4.78 is 0. The van der Waals surface area contributed by atoms with E-state index in [1.165, 1.54) is 62.5 Å². The van der Waals surface area contributed by atoms with Gasteiger partial charge in [0.1, 0.15) is 0 Å². The van der Waals surface area contributed by atoms with E-state index < -0.39 is 0 Å². The minimum absolute atomic E-state index is 0.222. The van der Waals surface area contributed by atoms with E-state index in [0.717, 1.165) is 11.8 Å². The number of allylic oxidation sites excluding steroid dienone is 2. The molecule has 0 heterocycles. The van der Waals surface area contributed by atoms with Crippen molar-refractivity contribution in [2.75, 3.05) is 0 Å². The van der Waals surface area contributed by atoms with Crippen LogP contribution >= 0.6 is 0 Å². The molecule has 0 aromatic heterocycles. The van der Waals surface area contributed by atoms with Gasteiger partial charge in [0, 0.05) is 0 Å². The molecular formula is C25H40. The van der Waals surface area contributed by atoms with E-state index in [1.807, 2.05) is 0 Å². The second-order valence-electron chi connectivity index (χ2n) is 9.41. The highest BCUT2D eigenvalue weighted by Gasteiger charge is 2.26.